The van der Waals surface area contributed by atoms with Crippen molar-refractivity contribution in [1.82, 2.24) is 10.6 Å². The maximum absolute atomic E-state index is 11.4. The van der Waals surface area contributed by atoms with Crippen LogP contribution in [0.2, 0.25) is 0 Å². The number of nitrogens with one attached hydrogen (secondary N) is 2. The molecule has 0 aromatic carbocycles. The molecule has 10 heteroatoms. The van der Waals surface area contributed by atoms with Crippen molar-refractivity contribution < 1.29 is 38.1 Å². The molecule has 0 saturated heterocycles. The first-order valence-corrected chi connectivity index (χ1v) is 8.32. The van der Waals surface area contributed by atoms with Gasteiger partial charge in [-0.25, -0.2) is 19.2 Å². The van der Waals surface area contributed by atoms with Crippen molar-refractivity contribution in [3.8, 4) is 0 Å². The lowest BCUT2D eigenvalue weighted by molar-refractivity contribution is -0.140. The van der Waals surface area contributed by atoms with Gasteiger partial charge >= 0.3 is 24.1 Å². The van der Waals surface area contributed by atoms with E-state index in [1.165, 1.54) is 0 Å². The molecule has 0 heterocycles. The SMILES string of the molecule is CCOC(=O)NCCCOC(=O)/C=C/C(=O)OCCCNC(=O)OCC. The van der Waals surface area contributed by atoms with Crippen molar-refractivity contribution in [2.75, 3.05) is 39.5 Å². The zero-order valence-electron chi connectivity index (χ0n) is 15.1. The second-order valence-corrected chi connectivity index (χ2v) is 4.67. The summed E-state index contributed by atoms with van der Waals surface area (Å²) in [7, 11) is 0. The molecule has 2 amide bonds. The highest BCUT2D eigenvalue weighted by Gasteiger charge is 2.03. The highest BCUT2D eigenvalue weighted by Crippen LogP contribution is 1.90. The molecule has 0 aromatic rings. The summed E-state index contributed by atoms with van der Waals surface area (Å²) in [5.41, 5.74) is 0. The molecule has 0 spiro atoms. The molecule has 0 saturated carbocycles. The number of amides is 2. The zero-order valence-corrected chi connectivity index (χ0v) is 15.1. The van der Waals surface area contributed by atoms with Crippen LogP contribution in [0, 0.1) is 0 Å². The Kier molecular flexibility index (Phi) is 14.0. The van der Waals surface area contributed by atoms with E-state index in [0.29, 0.717) is 25.9 Å². The molecule has 0 aliphatic rings. The first-order chi connectivity index (χ1) is 12.5. The topological polar surface area (TPSA) is 129 Å². The number of hydrogen-bond acceptors (Lipinski definition) is 8. The number of hydrogen-bond donors (Lipinski definition) is 2. The van der Waals surface area contributed by atoms with E-state index in [9.17, 15) is 19.2 Å². The van der Waals surface area contributed by atoms with E-state index >= 15 is 0 Å². The van der Waals surface area contributed by atoms with Crippen molar-refractivity contribution in [3.05, 3.63) is 12.2 Å². The third-order valence-corrected chi connectivity index (χ3v) is 2.58. The van der Waals surface area contributed by atoms with E-state index in [-0.39, 0.29) is 26.4 Å². The van der Waals surface area contributed by atoms with Crippen LogP contribution in [0.5, 0.6) is 0 Å². The maximum Gasteiger partial charge on any atom is 0.407 e. The zero-order chi connectivity index (χ0) is 19.6. The van der Waals surface area contributed by atoms with Crippen molar-refractivity contribution >= 4 is 24.1 Å². The molecule has 0 unspecified atom stereocenters. The summed E-state index contributed by atoms with van der Waals surface area (Å²) in [6, 6.07) is 0. The van der Waals surface area contributed by atoms with Gasteiger partial charge < -0.3 is 29.6 Å². The van der Waals surface area contributed by atoms with Crippen molar-refractivity contribution in [1.29, 1.82) is 0 Å². The summed E-state index contributed by atoms with van der Waals surface area (Å²) in [4.78, 5) is 44.7. The molecule has 0 bridgehead atoms. The van der Waals surface area contributed by atoms with Gasteiger partial charge in [-0.05, 0) is 26.7 Å². The third-order valence-electron chi connectivity index (χ3n) is 2.58. The molecular formula is C16H26N2O8. The van der Waals surface area contributed by atoms with E-state index in [4.69, 9.17) is 9.47 Å². The van der Waals surface area contributed by atoms with Gasteiger partial charge in [-0.15, -0.1) is 0 Å². The first-order valence-electron chi connectivity index (χ1n) is 8.32. The highest BCUT2D eigenvalue weighted by atomic mass is 16.6. The Bertz CT molecular complexity index is 437. The summed E-state index contributed by atoms with van der Waals surface area (Å²) in [6.45, 7) is 4.73. The molecule has 26 heavy (non-hydrogen) atoms. The summed E-state index contributed by atoms with van der Waals surface area (Å²) in [5, 5.41) is 4.95. The van der Waals surface area contributed by atoms with Crippen LogP contribution in [0.4, 0.5) is 9.59 Å². The van der Waals surface area contributed by atoms with Crippen LogP contribution in [0.25, 0.3) is 0 Å². The highest BCUT2D eigenvalue weighted by molar-refractivity contribution is 5.91. The van der Waals surface area contributed by atoms with Crippen LogP contribution < -0.4 is 10.6 Å². The fourth-order valence-corrected chi connectivity index (χ4v) is 1.47. The van der Waals surface area contributed by atoms with E-state index in [1.807, 2.05) is 0 Å². The van der Waals surface area contributed by atoms with Gasteiger partial charge in [-0.1, -0.05) is 0 Å². The van der Waals surface area contributed by atoms with E-state index in [2.05, 4.69) is 20.1 Å². The van der Waals surface area contributed by atoms with Crippen molar-refractivity contribution in [2.24, 2.45) is 0 Å². The van der Waals surface area contributed by atoms with Gasteiger partial charge in [-0.3, -0.25) is 0 Å². The molecule has 0 fully saturated rings. The van der Waals surface area contributed by atoms with Gasteiger partial charge in [0.05, 0.1) is 26.4 Å². The van der Waals surface area contributed by atoms with Gasteiger partial charge in [0.1, 0.15) is 0 Å². The summed E-state index contributed by atoms with van der Waals surface area (Å²) >= 11 is 0. The van der Waals surface area contributed by atoms with E-state index in [1.54, 1.807) is 13.8 Å². The third kappa shape index (κ3) is 14.8. The van der Waals surface area contributed by atoms with E-state index < -0.39 is 24.1 Å². The monoisotopic (exact) mass is 374 g/mol. The number of carbonyl (C=O) groups excluding carboxylic acids is 4. The lowest BCUT2D eigenvalue weighted by Gasteiger charge is -2.05. The molecular weight excluding hydrogens is 348 g/mol. The van der Waals surface area contributed by atoms with Crippen LogP contribution in [-0.2, 0) is 28.5 Å². The summed E-state index contributed by atoms with van der Waals surface area (Å²) in [5.74, 6) is -1.39. The number of esters is 2. The molecule has 0 radical (unpaired) electrons. The van der Waals surface area contributed by atoms with Gasteiger partial charge in [0.2, 0.25) is 0 Å². The summed E-state index contributed by atoms with van der Waals surface area (Å²) in [6.07, 6.45) is 1.68. The number of alkyl carbamates (subject to hydrolysis) is 2. The summed E-state index contributed by atoms with van der Waals surface area (Å²) < 4.78 is 19.0. The second kappa shape index (κ2) is 15.7. The Morgan fingerprint density at radius 3 is 1.42 bits per heavy atom. The predicted molar refractivity (Wildman–Crippen MR) is 90.3 cm³/mol. The normalized spacial score (nSPS) is 10.1. The van der Waals surface area contributed by atoms with Crippen LogP contribution in [0.15, 0.2) is 12.2 Å². The predicted octanol–water partition coefficient (Wildman–Crippen LogP) is 0.901. The van der Waals surface area contributed by atoms with Gasteiger partial charge in [0, 0.05) is 25.2 Å². The molecule has 2 N–H and O–H groups in total. The quantitative estimate of drug-likeness (QED) is 0.223. The lowest BCUT2D eigenvalue weighted by Crippen LogP contribution is -2.26. The van der Waals surface area contributed by atoms with Crippen LogP contribution >= 0.6 is 0 Å². The Balaban J connectivity index is 3.65. The average molecular weight is 374 g/mol. The fourth-order valence-electron chi connectivity index (χ4n) is 1.47. The van der Waals surface area contributed by atoms with Gasteiger partial charge in [0.15, 0.2) is 0 Å². The molecule has 0 rings (SSSR count). The second-order valence-electron chi connectivity index (χ2n) is 4.67. The molecule has 10 nitrogen and oxygen atoms in total. The Labute approximate surface area is 152 Å². The minimum atomic E-state index is -0.693. The average Bonchev–Trinajstić information content (AvgIpc) is 2.59. The van der Waals surface area contributed by atoms with Crippen molar-refractivity contribution in [3.63, 3.8) is 0 Å². The van der Waals surface area contributed by atoms with Gasteiger partial charge in [0.25, 0.3) is 0 Å². The number of carbonyl (C=O) groups is 4. The first kappa shape index (κ1) is 23.2. The molecule has 148 valence electrons. The molecule has 0 atom stereocenters. The maximum atomic E-state index is 11.4. The Morgan fingerprint density at radius 1 is 0.692 bits per heavy atom. The molecule has 0 aliphatic heterocycles. The minimum absolute atomic E-state index is 0.0875. The number of rotatable bonds is 12. The number of ether oxygens (including phenoxy) is 4. The van der Waals surface area contributed by atoms with Crippen LogP contribution in [0.1, 0.15) is 26.7 Å². The van der Waals surface area contributed by atoms with Crippen molar-refractivity contribution in [2.45, 2.75) is 26.7 Å². The molecule has 0 aromatic heterocycles. The Hall–Kier alpha value is -2.78. The van der Waals surface area contributed by atoms with Crippen LogP contribution in [0.3, 0.4) is 0 Å². The van der Waals surface area contributed by atoms with E-state index in [0.717, 1.165) is 12.2 Å². The fraction of sp³-hybridized carbons (Fsp3) is 0.625. The van der Waals surface area contributed by atoms with Gasteiger partial charge in [-0.2, -0.15) is 0 Å². The Morgan fingerprint density at radius 2 is 1.08 bits per heavy atom. The van der Waals surface area contributed by atoms with Crippen LogP contribution in [-0.4, -0.2) is 63.6 Å². The smallest absolute Gasteiger partial charge is 0.407 e. The lowest BCUT2D eigenvalue weighted by atomic mass is 10.4. The largest absolute Gasteiger partial charge is 0.462 e. The molecule has 0 aliphatic carbocycles. The standard InChI is InChI=1S/C16H26N2O8/c1-3-23-15(21)17-9-5-11-25-13(19)7-8-14(20)26-12-6-10-18-16(22)24-4-2/h7-8H,3-6,9-12H2,1-2H3,(H,17,21)(H,18,22)/b8-7+. The minimum Gasteiger partial charge on any atom is -0.462 e.